The molecule has 1 aliphatic rings. The molecule has 2 N–H and O–H groups in total. The Morgan fingerprint density at radius 3 is 2.69 bits per heavy atom. The summed E-state index contributed by atoms with van der Waals surface area (Å²) in [5, 5.41) is 6.99. The first-order chi connectivity index (χ1) is 6.13. The van der Waals surface area contributed by atoms with Crippen LogP contribution in [0, 0.1) is 0 Å². The van der Waals surface area contributed by atoms with Gasteiger partial charge in [-0.2, -0.15) is 0 Å². The molecule has 4 heteroatoms. The third-order valence-electron chi connectivity index (χ3n) is 2.51. The van der Waals surface area contributed by atoms with E-state index >= 15 is 0 Å². The van der Waals surface area contributed by atoms with Gasteiger partial charge in [-0.25, -0.2) is 0 Å². The van der Waals surface area contributed by atoms with Crippen molar-refractivity contribution in [2.24, 2.45) is 0 Å². The van der Waals surface area contributed by atoms with Crippen LogP contribution < -0.4 is 10.6 Å². The van der Waals surface area contributed by atoms with E-state index in [1.165, 1.54) is 13.0 Å². The Labute approximate surface area is 85.9 Å². The summed E-state index contributed by atoms with van der Waals surface area (Å²) in [6.45, 7) is 6.76. The van der Waals surface area contributed by atoms with Crippen molar-refractivity contribution in [1.82, 2.24) is 15.5 Å². The van der Waals surface area contributed by atoms with Gasteiger partial charge >= 0.3 is 0 Å². The van der Waals surface area contributed by atoms with Crippen LogP contribution in [0.15, 0.2) is 0 Å². The lowest BCUT2D eigenvalue weighted by molar-refractivity contribution is 0.271. The summed E-state index contributed by atoms with van der Waals surface area (Å²) in [5.74, 6) is 0. The van der Waals surface area contributed by atoms with E-state index in [1.807, 2.05) is 7.05 Å². The maximum atomic E-state index is 5.06. The third-order valence-corrected chi connectivity index (χ3v) is 2.83. The highest BCUT2D eigenvalue weighted by Gasteiger charge is 2.23. The summed E-state index contributed by atoms with van der Waals surface area (Å²) in [6.07, 6.45) is 1.19. The fourth-order valence-electron chi connectivity index (χ4n) is 1.63. The van der Waals surface area contributed by atoms with Crippen LogP contribution in [0.1, 0.15) is 20.3 Å². The summed E-state index contributed by atoms with van der Waals surface area (Å²) in [4.78, 5) is 2.47. The van der Waals surface area contributed by atoms with Crippen LogP contribution >= 0.6 is 12.2 Å². The second kappa shape index (κ2) is 4.77. The first-order valence-electron chi connectivity index (χ1n) is 4.85. The molecule has 1 atom stereocenters. The zero-order chi connectivity index (χ0) is 9.84. The van der Waals surface area contributed by atoms with E-state index in [1.54, 1.807) is 0 Å². The molecule has 13 heavy (non-hydrogen) atoms. The second-order valence-corrected chi connectivity index (χ2v) is 4.21. The van der Waals surface area contributed by atoms with Crippen LogP contribution in [0.2, 0.25) is 0 Å². The van der Waals surface area contributed by atoms with Gasteiger partial charge in [-0.1, -0.05) is 0 Å². The molecule has 1 unspecified atom stereocenters. The van der Waals surface area contributed by atoms with Crippen LogP contribution in [-0.4, -0.2) is 42.2 Å². The van der Waals surface area contributed by atoms with Gasteiger partial charge in [0.25, 0.3) is 0 Å². The van der Waals surface area contributed by atoms with Crippen LogP contribution in [0.3, 0.4) is 0 Å². The van der Waals surface area contributed by atoms with Crippen molar-refractivity contribution in [2.45, 2.75) is 32.4 Å². The molecular weight excluding hydrogens is 182 g/mol. The van der Waals surface area contributed by atoms with Crippen molar-refractivity contribution in [1.29, 1.82) is 0 Å². The fourth-order valence-corrected chi connectivity index (χ4v) is 1.80. The molecule has 0 aromatic carbocycles. The molecule has 1 heterocycles. The molecule has 0 spiro atoms. The zero-order valence-electron chi connectivity index (χ0n) is 8.63. The van der Waals surface area contributed by atoms with Gasteiger partial charge < -0.3 is 10.6 Å². The number of likely N-dealkylation sites (tertiary alicyclic amines) is 1. The Kier molecular flexibility index (Phi) is 3.93. The molecule has 0 bridgehead atoms. The second-order valence-electron chi connectivity index (χ2n) is 3.80. The molecule has 0 saturated carbocycles. The molecule has 76 valence electrons. The maximum absolute atomic E-state index is 5.06. The molecule has 0 aromatic heterocycles. The average Bonchev–Trinajstić information content (AvgIpc) is 2.52. The number of nitrogens with one attached hydrogen (secondary N) is 2. The van der Waals surface area contributed by atoms with Crippen molar-refractivity contribution in [3.63, 3.8) is 0 Å². The minimum Gasteiger partial charge on any atom is -0.366 e. The number of rotatable bonds is 2. The summed E-state index contributed by atoms with van der Waals surface area (Å²) in [7, 11) is 1.85. The largest absolute Gasteiger partial charge is 0.366 e. The molecule has 1 rings (SSSR count). The molecule has 0 radical (unpaired) electrons. The van der Waals surface area contributed by atoms with Gasteiger partial charge in [0.1, 0.15) is 0 Å². The summed E-state index contributed by atoms with van der Waals surface area (Å²) in [6, 6.07) is 1.18. The van der Waals surface area contributed by atoms with E-state index < -0.39 is 0 Å². The van der Waals surface area contributed by atoms with Crippen LogP contribution in [-0.2, 0) is 0 Å². The van der Waals surface area contributed by atoms with Gasteiger partial charge in [0.05, 0.1) is 0 Å². The number of hydrogen-bond donors (Lipinski definition) is 2. The lowest BCUT2D eigenvalue weighted by Crippen LogP contribution is -2.42. The summed E-state index contributed by atoms with van der Waals surface area (Å²) < 4.78 is 0. The van der Waals surface area contributed by atoms with Gasteiger partial charge in [0.15, 0.2) is 5.11 Å². The quantitative estimate of drug-likeness (QED) is 0.639. The number of thiocarbonyl (C=S) groups is 1. The minimum absolute atomic E-state index is 0.530. The van der Waals surface area contributed by atoms with Gasteiger partial charge in [0.2, 0.25) is 0 Å². The smallest absolute Gasteiger partial charge is 0.166 e. The Hall–Kier alpha value is -0.350. The van der Waals surface area contributed by atoms with Crippen molar-refractivity contribution in [2.75, 3.05) is 20.1 Å². The predicted octanol–water partition coefficient (Wildman–Crippen LogP) is 0.563. The van der Waals surface area contributed by atoms with Crippen LogP contribution in [0.4, 0.5) is 0 Å². The highest BCUT2D eigenvalue weighted by molar-refractivity contribution is 7.80. The molecule has 3 nitrogen and oxygen atoms in total. The van der Waals surface area contributed by atoms with E-state index in [9.17, 15) is 0 Å². The summed E-state index contributed by atoms with van der Waals surface area (Å²) >= 11 is 5.06. The standard InChI is InChI=1S/C9H19N3S/c1-7(2)12-5-4-8(6-12)11-9(13)10-3/h7-8H,4-6H2,1-3H3,(H2,10,11,13). The zero-order valence-corrected chi connectivity index (χ0v) is 9.45. The van der Waals surface area contributed by atoms with Crippen molar-refractivity contribution in [3.8, 4) is 0 Å². The van der Waals surface area contributed by atoms with Gasteiger partial charge in [-0.05, 0) is 32.5 Å². The first-order valence-corrected chi connectivity index (χ1v) is 5.26. The molecule has 0 aliphatic carbocycles. The highest BCUT2D eigenvalue weighted by atomic mass is 32.1. The van der Waals surface area contributed by atoms with Crippen molar-refractivity contribution in [3.05, 3.63) is 0 Å². The Morgan fingerprint density at radius 1 is 1.54 bits per heavy atom. The molecule has 0 aromatic rings. The average molecular weight is 201 g/mol. The van der Waals surface area contributed by atoms with Gasteiger partial charge in [-0.15, -0.1) is 0 Å². The first kappa shape index (κ1) is 10.7. The highest BCUT2D eigenvalue weighted by Crippen LogP contribution is 2.11. The van der Waals surface area contributed by atoms with E-state index in [0.717, 1.165) is 11.7 Å². The van der Waals surface area contributed by atoms with E-state index in [4.69, 9.17) is 12.2 Å². The van der Waals surface area contributed by atoms with E-state index in [0.29, 0.717) is 12.1 Å². The van der Waals surface area contributed by atoms with Gasteiger partial charge in [-0.3, -0.25) is 4.90 Å². The third kappa shape index (κ3) is 3.12. The SMILES string of the molecule is CNC(=S)NC1CCN(C(C)C)C1. The van der Waals surface area contributed by atoms with Crippen molar-refractivity contribution >= 4 is 17.3 Å². The van der Waals surface area contributed by atoms with Gasteiger partial charge in [0, 0.05) is 32.2 Å². The lowest BCUT2D eigenvalue weighted by atomic mass is 10.3. The van der Waals surface area contributed by atoms with Crippen LogP contribution in [0.5, 0.6) is 0 Å². The number of nitrogens with zero attached hydrogens (tertiary/aromatic N) is 1. The number of hydrogen-bond acceptors (Lipinski definition) is 2. The topological polar surface area (TPSA) is 27.3 Å². The Morgan fingerprint density at radius 2 is 2.23 bits per heavy atom. The minimum atomic E-state index is 0.530. The monoisotopic (exact) mass is 201 g/mol. The molecule has 0 amide bonds. The Balaban J connectivity index is 2.29. The van der Waals surface area contributed by atoms with Crippen LogP contribution in [0.25, 0.3) is 0 Å². The lowest BCUT2D eigenvalue weighted by Gasteiger charge is -2.20. The predicted molar refractivity (Wildman–Crippen MR) is 59.9 cm³/mol. The van der Waals surface area contributed by atoms with E-state index in [-0.39, 0.29) is 0 Å². The molecular formula is C9H19N3S. The van der Waals surface area contributed by atoms with E-state index in [2.05, 4.69) is 29.4 Å². The fraction of sp³-hybridized carbons (Fsp3) is 0.889. The molecule has 1 aliphatic heterocycles. The van der Waals surface area contributed by atoms with Crippen molar-refractivity contribution < 1.29 is 0 Å². The molecule has 1 saturated heterocycles. The summed E-state index contributed by atoms with van der Waals surface area (Å²) in [5.41, 5.74) is 0. The Bertz CT molecular complexity index is 182. The maximum Gasteiger partial charge on any atom is 0.166 e. The normalized spacial score (nSPS) is 23.5. The molecule has 1 fully saturated rings.